The number of hydrogen-bond donors (Lipinski definition) is 2. The van der Waals surface area contributed by atoms with Crippen molar-refractivity contribution in [2.45, 2.75) is 58.0 Å². The first-order valence-electron chi connectivity index (χ1n) is 11.7. The Morgan fingerprint density at radius 2 is 1.62 bits per heavy atom. The van der Waals surface area contributed by atoms with Crippen LogP contribution >= 0.6 is 0 Å². The van der Waals surface area contributed by atoms with E-state index in [1.54, 1.807) is 0 Å². The van der Waals surface area contributed by atoms with E-state index in [9.17, 15) is 19.5 Å². The average Bonchev–Trinajstić information content (AvgIpc) is 3.08. The van der Waals surface area contributed by atoms with E-state index in [2.05, 4.69) is 29.6 Å². The van der Waals surface area contributed by atoms with Crippen LogP contribution < -0.4 is 5.32 Å². The third kappa shape index (κ3) is 4.52. The van der Waals surface area contributed by atoms with Gasteiger partial charge in [0.1, 0.15) is 12.6 Å². The van der Waals surface area contributed by atoms with Crippen LogP contribution in [0, 0.1) is 5.41 Å². The van der Waals surface area contributed by atoms with Gasteiger partial charge in [0.05, 0.1) is 0 Å². The van der Waals surface area contributed by atoms with E-state index < -0.39 is 29.1 Å². The number of likely N-dealkylation sites (tertiary alicyclic amines) is 1. The van der Waals surface area contributed by atoms with Gasteiger partial charge in [0.15, 0.2) is 0 Å². The minimum atomic E-state index is -0.986. The Hall–Kier alpha value is -3.35. The fourth-order valence-corrected chi connectivity index (χ4v) is 5.16. The predicted molar refractivity (Wildman–Crippen MR) is 128 cm³/mol. The Bertz CT molecular complexity index is 1080. The predicted octanol–water partition coefficient (Wildman–Crippen LogP) is 4.41. The van der Waals surface area contributed by atoms with Crippen LogP contribution in [0.3, 0.4) is 0 Å². The molecule has 1 unspecified atom stereocenters. The van der Waals surface area contributed by atoms with Gasteiger partial charge in [0.2, 0.25) is 5.91 Å². The highest BCUT2D eigenvalue weighted by Crippen LogP contribution is 2.44. The fourth-order valence-electron chi connectivity index (χ4n) is 5.16. The summed E-state index contributed by atoms with van der Waals surface area (Å²) in [7, 11) is 0. The molecule has 0 radical (unpaired) electrons. The molecule has 1 saturated heterocycles. The summed E-state index contributed by atoms with van der Waals surface area (Å²) in [6, 6.07) is 15.5. The highest BCUT2D eigenvalue weighted by Gasteiger charge is 2.52. The number of ether oxygens (including phenoxy) is 1. The van der Waals surface area contributed by atoms with Gasteiger partial charge in [0.25, 0.3) is 0 Å². The molecule has 1 heterocycles. The zero-order valence-electron chi connectivity index (χ0n) is 20.1. The molecule has 2 aliphatic rings. The second-order valence-electron chi connectivity index (χ2n) is 10.6. The zero-order chi connectivity index (χ0) is 24.7. The first-order chi connectivity index (χ1) is 16.0. The van der Waals surface area contributed by atoms with E-state index in [1.807, 2.05) is 52.0 Å². The molecule has 1 aliphatic carbocycles. The van der Waals surface area contributed by atoms with Gasteiger partial charge in [-0.3, -0.25) is 4.79 Å². The summed E-state index contributed by atoms with van der Waals surface area (Å²) < 4.78 is 5.61. The van der Waals surface area contributed by atoms with E-state index >= 15 is 0 Å². The molecule has 34 heavy (non-hydrogen) atoms. The van der Waals surface area contributed by atoms with Gasteiger partial charge < -0.3 is 20.1 Å². The Morgan fingerprint density at radius 3 is 2.15 bits per heavy atom. The lowest BCUT2D eigenvalue weighted by atomic mass is 9.74. The number of nitrogens with zero attached hydrogens (tertiary/aromatic N) is 1. The van der Waals surface area contributed by atoms with Crippen molar-refractivity contribution < 1.29 is 24.2 Å². The molecule has 1 aliphatic heterocycles. The van der Waals surface area contributed by atoms with E-state index in [0.29, 0.717) is 13.0 Å². The van der Waals surface area contributed by atoms with Crippen LogP contribution in [0.1, 0.15) is 57.6 Å². The molecule has 7 nitrogen and oxygen atoms in total. The molecule has 0 saturated carbocycles. The summed E-state index contributed by atoms with van der Waals surface area (Å²) in [5, 5.41) is 12.3. The van der Waals surface area contributed by atoms with Gasteiger partial charge in [0, 0.05) is 29.8 Å². The molecular formula is C27H32N2O5. The maximum atomic E-state index is 12.6. The number of carboxylic acids is 1. The van der Waals surface area contributed by atoms with E-state index in [0.717, 1.165) is 11.1 Å². The minimum Gasteiger partial charge on any atom is -0.480 e. The fraction of sp³-hybridized carbons (Fsp3) is 0.444. The molecule has 1 atom stereocenters. The summed E-state index contributed by atoms with van der Waals surface area (Å²) in [4.78, 5) is 38.2. The van der Waals surface area contributed by atoms with Crippen LogP contribution in [0.4, 0.5) is 4.79 Å². The van der Waals surface area contributed by atoms with Crippen molar-refractivity contribution >= 4 is 18.0 Å². The average molecular weight is 465 g/mol. The smallest absolute Gasteiger partial charge is 0.407 e. The summed E-state index contributed by atoms with van der Waals surface area (Å²) in [6.07, 6.45) is -0.0108. The highest BCUT2D eigenvalue weighted by atomic mass is 16.5. The van der Waals surface area contributed by atoms with Gasteiger partial charge in [-0.25, -0.2) is 9.59 Å². The Balaban J connectivity index is 1.31. The van der Waals surface area contributed by atoms with Crippen LogP contribution in [0.15, 0.2) is 48.5 Å². The molecule has 1 fully saturated rings. The summed E-state index contributed by atoms with van der Waals surface area (Å²) >= 11 is 0. The molecule has 2 aromatic rings. The number of carboxylic acid groups (broad SMARTS) is 1. The van der Waals surface area contributed by atoms with Gasteiger partial charge in [-0.05, 0) is 42.5 Å². The van der Waals surface area contributed by atoms with Gasteiger partial charge in [-0.15, -0.1) is 0 Å². The molecule has 2 N–H and O–H groups in total. The van der Waals surface area contributed by atoms with Crippen molar-refractivity contribution in [1.82, 2.24) is 10.2 Å². The van der Waals surface area contributed by atoms with Crippen molar-refractivity contribution in [3.8, 4) is 11.1 Å². The van der Waals surface area contributed by atoms with Crippen molar-refractivity contribution in [3.63, 3.8) is 0 Å². The lowest BCUT2D eigenvalue weighted by Crippen LogP contribution is -2.67. The molecule has 0 bridgehead atoms. The number of benzene rings is 2. The number of alkyl carbamates (subject to hydrolysis) is 1. The number of nitrogens with one attached hydrogen (secondary N) is 1. The van der Waals surface area contributed by atoms with Crippen LogP contribution in [0.25, 0.3) is 11.1 Å². The second-order valence-corrected chi connectivity index (χ2v) is 10.6. The lowest BCUT2D eigenvalue weighted by molar-refractivity contribution is -0.171. The number of hydrogen-bond acceptors (Lipinski definition) is 4. The molecule has 180 valence electrons. The standard InChI is InChI=1S/C27H32N2O5/c1-26(2)16-29(23(26)24(31)32)22(30)13-14-27(3,4)28-25(33)34-15-21-19-11-7-5-9-17(19)18-10-6-8-12-20(18)21/h5-12,21,23H,13-16H2,1-4H3,(H,28,33)(H,31,32). The van der Waals surface area contributed by atoms with Gasteiger partial charge in [-0.2, -0.15) is 0 Å². The van der Waals surface area contributed by atoms with Crippen LogP contribution in [0.5, 0.6) is 0 Å². The largest absolute Gasteiger partial charge is 0.480 e. The second kappa shape index (κ2) is 8.78. The summed E-state index contributed by atoms with van der Waals surface area (Å²) in [5.41, 5.74) is 3.51. The Morgan fingerprint density at radius 1 is 1.06 bits per heavy atom. The van der Waals surface area contributed by atoms with Crippen LogP contribution in [0.2, 0.25) is 0 Å². The van der Waals surface area contributed by atoms with E-state index in [-0.39, 0.29) is 24.9 Å². The van der Waals surface area contributed by atoms with E-state index in [4.69, 9.17) is 4.74 Å². The van der Waals surface area contributed by atoms with Crippen molar-refractivity contribution in [1.29, 1.82) is 0 Å². The maximum Gasteiger partial charge on any atom is 0.407 e. The topological polar surface area (TPSA) is 95.9 Å². The van der Waals surface area contributed by atoms with Gasteiger partial charge >= 0.3 is 12.1 Å². The molecular weight excluding hydrogens is 432 g/mol. The van der Waals surface area contributed by atoms with Gasteiger partial charge in [-0.1, -0.05) is 62.4 Å². The minimum absolute atomic E-state index is 0.0226. The normalized spacial score (nSPS) is 18.5. The maximum absolute atomic E-state index is 12.6. The number of rotatable bonds is 7. The van der Waals surface area contributed by atoms with Crippen molar-refractivity contribution in [3.05, 3.63) is 59.7 Å². The molecule has 2 amide bonds. The zero-order valence-corrected chi connectivity index (χ0v) is 20.1. The van der Waals surface area contributed by atoms with Crippen LogP contribution in [-0.2, 0) is 14.3 Å². The molecule has 4 rings (SSSR count). The highest BCUT2D eigenvalue weighted by molar-refractivity contribution is 5.86. The number of fused-ring (bicyclic) bond motifs is 3. The van der Waals surface area contributed by atoms with Crippen molar-refractivity contribution in [2.24, 2.45) is 5.41 Å². The number of aliphatic carboxylic acids is 1. The Kier molecular flexibility index (Phi) is 6.14. The Labute approximate surface area is 200 Å². The van der Waals surface area contributed by atoms with Crippen molar-refractivity contribution in [2.75, 3.05) is 13.2 Å². The first kappa shape index (κ1) is 23.8. The number of carbonyl (C=O) groups excluding carboxylic acids is 2. The summed E-state index contributed by atoms with van der Waals surface area (Å²) in [6.45, 7) is 7.99. The molecule has 2 aromatic carbocycles. The third-order valence-electron chi connectivity index (χ3n) is 6.93. The molecule has 0 aromatic heterocycles. The SMILES string of the molecule is CC(C)(CCC(=O)N1CC(C)(C)C1C(=O)O)NC(=O)OCC1c2ccccc2-c2ccccc21. The molecule has 0 spiro atoms. The summed E-state index contributed by atoms with van der Waals surface area (Å²) in [5.74, 6) is -1.22. The lowest BCUT2D eigenvalue weighted by Gasteiger charge is -2.51. The number of carbonyl (C=O) groups is 3. The first-order valence-corrected chi connectivity index (χ1v) is 11.7. The van der Waals surface area contributed by atoms with Crippen LogP contribution in [-0.4, -0.2) is 52.7 Å². The third-order valence-corrected chi connectivity index (χ3v) is 6.93. The monoisotopic (exact) mass is 464 g/mol. The quantitative estimate of drug-likeness (QED) is 0.633. The van der Waals surface area contributed by atoms with E-state index in [1.165, 1.54) is 16.0 Å². The molecule has 7 heteroatoms. The number of amides is 2.